The van der Waals surface area contributed by atoms with Gasteiger partial charge in [-0.2, -0.15) is 0 Å². The summed E-state index contributed by atoms with van der Waals surface area (Å²) in [4.78, 5) is 10.7. The van der Waals surface area contributed by atoms with E-state index in [1.807, 2.05) is 30.3 Å². The summed E-state index contributed by atoms with van der Waals surface area (Å²) in [5.41, 5.74) is 1.05. The molecule has 0 fully saturated rings. The van der Waals surface area contributed by atoms with E-state index in [-0.39, 0.29) is 12.8 Å². The summed E-state index contributed by atoms with van der Waals surface area (Å²) in [5.74, 6) is -0.237. The largest absolute Gasteiger partial charge is 0.352 e. The molecule has 1 aromatic rings. The fourth-order valence-corrected chi connectivity index (χ4v) is 0.797. The minimum absolute atomic E-state index is 0.202. The fraction of sp³-hybridized carbons (Fsp3) is 0.222. The molecule has 0 aliphatic rings. The van der Waals surface area contributed by atoms with Gasteiger partial charge in [0.05, 0.1) is 0 Å². The molecule has 1 rings (SSSR count). The van der Waals surface area contributed by atoms with Crippen LogP contribution in [0.25, 0.3) is 0 Å². The van der Waals surface area contributed by atoms with E-state index in [4.69, 9.17) is 1.37 Å². The van der Waals surface area contributed by atoms with Gasteiger partial charge in [0, 0.05) is 14.8 Å². The summed E-state index contributed by atoms with van der Waals surface area (Å²) in [6.07, 6.45) is 0. The Morgan fingerprint density at radius 3 is 2.91 bits per heavy atom. The Labute approximate surface area is 67.6 Å². The molecule has 0 atom stereocenters. The molecule has 0 bridgehead atoms. The van der Waals surface area contributed by atoms with Gasteiger partial charge in [-0.1, -0.05) is 30.3 Å². The van der Waals surface area contributed by atoms with Crippen LogP contribution >= 0.6 is 0 Å². The fourth-order valence-electron chi connectivity index (χ4n) is 0.797. The second-order valence-electron chi connectivity index (χ2n) is 2.26. The molecular formula is C9H11NO. The lowest BCUT2D eigenvalue weighted by Gasteiger charge is -2.00. The predicted octanol–water partition coefficient (Wildman–Crippen LogP) is 1.32. The highest BCUT2D eigenvalue weighted by Crippen LogP contribution is 1.96. The van der Waals surface area contributed by atoms with Gasteiger partial charge in [-0.3, -0.25) is 4.79 Å². The molecule has 58 valence electrons. The first-order valence-corrected chi connectivity index (χ1v) is 3.43. The van der Waals surface area contributed by atoms with Crippen LogP contribution in [0.4, 0.5) is 0 Å². The van der Waals surface area contributed by atoms with Gasteiger partial charge in [0.2, 0.25) is 5.91 Å². The Bertz CT molecular complexity index is 248. The van der Waals surface area contributed by atoms with E-state index in [0.717, 1.165) is 5.56 Å². The number of carbonyl (C=O) groups is 1. The van der Waals surface area contributed by atoms with Crippen LogP contribution in [0.2, 0.25) is 0 Å². The molecule has 0 heterocycles. The maximum atomic E-state index is 10.7. The third-order valence-corrected chi connectivity index (χ3v) is 1.33. The van der Waals surface area contributed by atoms with Gasteiger partial charge in [0.25, 0.3) is 0 Å². The highest BCUT2D eigenvalue weighted by Gasteiger charge is 1.91. The van der Waals surface area contributed by atoms with Crippen molar-refractivity contribution >= 4 is 5.91 Å². The minimum Gasteiger partial charge on any atom is -0.352 e. The van der Waals surface area contributed by atoms with Crippen LogP contribution in [-0.2, 0) is 11.3 Å². The summed E-state index contributed by atoms with van der Waals surface area (Å²) >= 11 is 0. The first kappa shape index (κ1) is 6.40. The lowest BCUT2D eigenvalue weighted by Crippen LogP contribution is -2.18. The maximum absolute atomic E-state index is 10.7. The third kappa shape index (κ3) is 2.85. The quantitative estimate of drug-likeness (QED) is 0.678. The molecule has 1 amide bonds. The maximum Gasteiger partial charge on any atom is 0.217 e. The highest BCUT2D eigenvalue weighted by molar-refractivity contribution is 5.72. The summed E-state index contributed by atoms with van der Waals surface area (Å²) in [7, 11) is 0. The van der Waals surface area contributed by atoms with Crippen molar-refractivity contribution in [3.05, 3.63) is 35.9 Å². The number of amides is 1. The van der Waals surface area contributed by atoms with E-state index in [9.17, 15) is 4.79 Å². The Balaban J connectivity index is 2.38. The van der Waals surface area contributed by atoms with E-state index in [0.29, 0.717) is 6.54 Å². The van der Waals surface area contributed by atoms with E-state index >= 15 is 0 Å². The first-order valence-electron chi connectivity index (χ1n) is 4.13. The number of hydrogen-bond acceptors (Lipinski definition) is 1. The van der Waals surface area contributed by atoms with Crippen LogP contribution in [0.1, 0.15) is 13.8 Å². The van der Waals surface area contributed by atoms with Gasteiger partial charge in [-0.15, -0.1) is 0 Å². The average Bonchev–Trinajstić information content (AvgIpc) is 2.16. The Kier molecular flexibility index (Phi) is 2.19. The van der Waals surface area contributed by atoms with Crippen molar-refractivity contribution < 1.29 is 6.17 Å². The van der Waals surface area contributed by atoms with E-state index in [2.05, 4.69) is 5.32 Å². The molecule has 0 spiro atoms. The van der Waals surface area contributed by atoms with Gasteiger partial charge < -0.3 is 5.32 Å². The molecule has 1 N–H and O–H groups in total. The molecule has 1 aromatic carbocycles. The van der Waals surface area contributed by atoms with E-state index in [1.54, 1.807) is 0 Å². The second-order valence-corrected chi connectivity index (χ2v) is 2.26. The topological polar surface area (TPSA) is 29.1 Å². The van der Waals surface area contributed by atoms with Gasteiger partial charge in [-0.05, 0) is 5.56 Å². The number of hydrogen-bond donors (Lipinski definition) is 1. The van der Waals surface area contributed by atoms with Crippen LogP contribution in [0, 0.1) is 0 Å². The Hall–Kier alpha value is -1.31. The number of benzene rings is 1. The molecule has 0 aromatic heterocycles. The average molecular weight is 151 g/mol. The molecule has 0 saturated heterocycles. The second kappa shape index (κ2) is 3.76. The molecule has 0 saturated carbocycles. The Morgan fingerprint density at radius 1 is 1.55 bits per heavy atom. The standard InChI is InChI=1S/C9H11NO/c1-8(11)10-7-9-5-3-2-4-6-9/h2-6H,7H2,1H3,(H,10,11)/i1T. The summed E-state index contributed by atoms with van der Waals surface area (Å²) in [6.45, 7) is 0.311. The lowest BCUT2D eigenvalue weighted by molar-refractivity contribution is -0.119. The van der Waals surface area contributed by atoms with Gasteiger partial charge >= 0.3 is 0 Å². The monoisotopic (exact) mass is 151 g/mol. The van der Waals surface area contributed by atoms with Gasteiger partial charge in [0.15, 0.2) is 0 Å². The molecule has 0 radical (unpaired) electrons. The van der Waals surface area contributed by atoms with Gasteiger partial charge in [0.1, 0.15) is 0 Å². The molecular weight excluding hydrogens is 138 g/mol. The van der Waals surface area contributed by atoms with Crippen molar-refractivity contribution in [2.75, 3.05) is 0 Å². The van der Waals surface area contributed by atoms with Crippen molar-refractivity contribution in [1.29, 1.82) is 0 Å². The molecule has 0 unspecified atom stereocenters. The summed E-state index contributed by atoms with van der Waals surface area (Å²) in [5, 5.41) is 2.62. The van der Waals surface area contributed by atoms with Crippen molar-refractivity contribution in [2.24, 2.45) is 0 Å². The zero-order valence-electron chi connectivity index (χ0n) is 7.21. The van der Waals surface area contributed by atoms with Crippen LogP contribution in [0.5, 0.6) is 0 Å². The van der Waals surface area contributed by atoms with E-state index in [1.165, 1.54) is 0 Å². The highest BCUT2D eigenvalue weighted by atomic mass is 16.1. The van der Waals surface area contributed by atoms with Crippen molar-refractivity contribution in [3.8, 4) is 0 Å². The summed E-state index contributed by atoms with van der Waals surface area (Å²) in [6, 6.07) is 9.63. The lowest BCUT2D eigenvalue weighted by atomic mass is 10.2. The zero-order valence-corrected chi connectivity index (χ0v) is 6.21. The number of carbonyl (C=O) groups excluding carboxylic acids is 1. The van der Waals surface area contributed by atoms with Gasteiger partial charge in [-0.25, -0.2) is 0 Å². The molecule has 0 aliphatic carbocycles. The summed E-state index contributed by atoms with van der Waals surface area (Å²) < 4.78 is 6.76. The SMILES string of the molecule is [3H]CC(=O)NCc1ccccc1. The van der Waals surface area contributed by atoms with Crippen LogP contribution in [0.3, 0.4) is 0 Å². The normalized spacial score (nSPS) is 10.4. The van der Waals surface area contributed by atoms with Crippen LogP contribution < -0.4 is 5.32 Å². The van der Waals surface area contributed by atoms with E-state index < -0.39 is 0 Å². The predicted molar refractivity (Wildman–Crippen MR) is 44.0 cm³/mol. The molecule has 2 heteroatoms. The van der Waals surface area contributed by atoms with Crippen LogP contribution in [0.15, 0.2) is 30.3 Å². The number of rotatable bonds is 2. The molecule has 0 aliphatic heterocycles. The Morgan fingerprint density at radius 2 is 2.27 bits per heavy atom. The zero-order chi connectivity index (χ0) is 8.81. The minimum atomic E-state index is -0.237. The van der Waals surface area contributed by atoms with Crippen LogP contribution in [-0.4, -0.2) is 5.91 Å². The van der Waals surface area contributed by atoms with Crippen molar-refractivity contribution in [2.45, 2.75) is 13.4 Å². The molecule has 2 nitrogen and oxygen atoms in total. The van der Waals surface area contributed by atoms with Crippen molar-refractivity contribution in [3.63, 3.8) is 0 Å². The molecule has 11 heavy (non-hydrogen) atoms. The van der Waals surface area contributed by atoms with Crippen molar-refractivity contribution in [1.82, 2.24) is 5.32 Å². The smallest absolute Gasteiger partial charge is 0.217 e. The first-order chi connectivity index (χ1) is 5.83. The third-order valence-electron chi connectivity index (χ3n) is 1.33. The number of nitrogens with one attached hydrogen (secondary N) is 1.